The number of hydrogen-bond acceptors (Lipinski definition) is 5. The van der Waals surface area contributed by atoms with Gasteiger partial charge in [-0.05, 0) is 67.8 Å². The number of halogens is 3. The van der Waals surface area contributed by atoms with Gasteiger partial charge in [0.1, 0.15) is 23.9 Å². The van der Waals surface area contributed by atoms with Gasteiger partial charge in [-0.2, -0.15) is 4.31 Å². The lowest BCUT2D eigenvalue weighted by molar-refractivity contribution is 0.0679. The first-order valence-electron chi connectivity index (χ1n) is 11.4. The molecule has 36 heavy (non-hydrogen) atoms. The van der Waals surface area contributed by atoms with Crippen molar-refractivity contribution in [3.8, 4) is 17.2 Å². The van der Waals surface area contributed by atoms with E-state index in [9.17, 15) is 8.42 Å². The van der Waals surface area contributed by atoms with Gasteiger partial charge in [-0.25, -0.2) is 8.42 Å². The zero-order valence-electron chi connectivity index (χ0n) is 19.8. The highest BCUT2D eigenvalue weighted by Crippen LogP contribution is 2.34. The molecule has 1 fully saturated rings. The van der Waals surface area contributed by atoms with E-state index < -0.39 is 10.0 Å². The first-order chi connectivity index (χ1) is 17.1. The van der Waals surface area contributed by atoms with Gasteiger partial charge in [0.15, 0.2) is 0 Å². The number of hydrogen-bond donors (Lipinski definition) is 0. The van der Waals surface area contributed by atoms with E-state index in [4.69, 9.17) is 37.4 Å². The summed E-state index contributed by atoms with van der Waals surface area (Å²) in [4.78, 5) is 0.221. The molecule has 6 nitrogen and oxygen atoms in total. The molecule has 1 unspecified atom stereocenters. The molecule has 0 bridgehead atoms. The van der Waals surface area contributed by atoms with Crippen molar-refractivity contribution in [1.82, 2.24) is 4.31 Å². The molecule has 1 aliphatic rings. The lowest BCUT2D eigenvalue weighted by atomic mass is 10.2. The van der Waals surface area contributed by atoms with Crippen molar-refractivity contribution in [3.05, 3.63) is 80.2 Å². The second-order valence-corrected chi connectivity index (χ2v) is 12.3. The predicted molar refractivity (Wildman–Crippen MR) is 145 cm³/mol. The Bertz CT molecular complexity index is 1350. The fourth-order valence-electron chi connectivity index (χ4n) is 3.88. The van der Waals surface area contributed by atoms with E-state index in [1.165, 1.54) is 4.31 Å². The average Bonchev–Trinajstić information content (AvgIpc) is 3.35. The Labute approximate surface area is 230 Å². The molecule has 1 saturated heterocycles. The Morgan fingerprint density at radius 1 is 1.06 bits per heavy atom. The van der Waals surface area contributed by atoms with E-state index in [1.807, 2.05) is 12.1 Å². The Hall–Kier alpha value is -1.81. The fourth-order valence-corrected chi connectivity index (χ4v) is 5.86. The van der Waals surface area contributed by atoms with E-state index in [1.54, 1.807) is 56.4 Å². The largest absolute Gasteiger partial charge is 0.491 e. The first kappa shape index (κ1) is 27.2. The maximum absolute atomic E-state index is 13.4. The quantitative estimate of drug-likeness (QED) is 0.254. The number of aryl methyl sites for hydroxylation is 1. The summed E-state index contributed by atoms with van der Waals surface area (Å²) < 4.78 is 46.4. The molecule has 0 spiro atoms. The minimum absolute atomic E-state index is 0.0890. The zero-order valence-corrected chi connectivity index (χ0v) is 23.8. The summed E-state index contributed by atoms with van der Waals surface area (Å²) in [5.74, 6) is 1.61. The van der Waals surface area contributed by atoms with Gasteiger partial charge < -0.3 is 14.2 Å². The highest BCUT2D eigenvalue weighted by Gasteiger charge is 2.25. The number of sulfonamides is 1. The second-order valence-electron chi connectivity index (χ2n) is 8.56. The molecule has 0 aliphatic carbocycles. The number of ether oxygens (including phenoxy) is 3. The SMILES string of the molecule is Cc1cc(OCC2CCCO2)ccc1S(=O)(=O)N(C)Cc1ccc(Br)cc1Oc1ccc(Cl)c(Cl)c1. The topological polar surface area (TPSA) is 65.1 Å². The van der Waals surface area contributed by atoms with Crippen molar-refractivity contribution in [2.24, 2.45) is 0 Å². The van der Waals surface area contributed by atoms with Crippen LogP contribution < -0.4 is 9.47 Å². The molecule has 192 valence electrons. The van der Waals surface area contributed by atoms with Crippen LogP contribution in [0.25, 0.3) is 0 Å². The van der Waals surface area contributed by atoms with Crippen LogP contribution in [0, 0.1) is 6.92 Å². The van der Waals surface area contributed by atoms with Gasteiger partial charge in [0, 0.05) is 36.3 Å². The molecule has 0 radical (unpaired) electrons. The lowest BCUT2D eigenvalue weighted by Crippen LogP contribution is -2.27. The van der Waals surface area contributed by atoms with Crippen molar-refractivity contribution in [2.45, 2.75) is 37.3 Å². The normalized spacial score (nSPS) is 15.9. The van der Waals surface area contributed by atoms with Gasteiger partial charge in [-0.3, -0.25) is 0 Å². The van der Waals surface area contributed by atoms with Gasteiger partial charge in [-0.1, -0.05) is 45.2 Å². The molecule has 1 aliphatic heterocycles. The van der Waals surface area contributed by atoms with Crippen LogP contribution >= 0.6 is 39.1 Å². The van der Waals surface area contributed by atoms with Crippen LogP contribution in [0.3, 0.4) is 0 Å². The van der Waals surface area contributed by atoms with Gasteiger partial charge in [0.2, 0.25) is 10.0 Å². The van der Waals surface area contributed by atoms with Crippen LogP contribution in [0.5, 0.6) is 17.2 Å². The molecule has 1 heterocycles. The standard InChI is InChI=1S/C26H26BrCl2NO5S/c1-17-12-20(34-16-22-4-3-11-33-22)8-10-26(17)36(31,32)30(2)15-18-5-6-19(27)13-25(18)35-21-7-9-23(28)24(29)14-21/h5-10,12-14,22H,3-4,11,15-16H2,1-2H3. The number of benzene rings is 3. The van der Waals surface area contributed by atoms with Crippen LogP contribution in [-0.2, 0) is 21.3 Å². The van der Waals surface area contributed by atoms with Gasteiger partial charge >= 0.3 is 0 Å². The Morgan fingerprint density at radius 3 is 2.53 bits per heavy atom. The predicted octanol–water partition coefficient (Wildman–Crippen LogP) is 7.24. The molecule has 0 N–H and O–H groups in total. The monoisotopic (exact) mass is 613 g/mol. The minimum atomic E-state index is -3.78. The first-order valence-corrected chi connectivity index (χ1v) is 14.3. The molecule has 10 heteroatoms. The average molecular weight is 615 g/mol. The zero-order chi connectivity index (χ0) is 25.9. The second kappa shape index (κ2) is 11.7. The van der Waals surface area contributed by atoms with Crippen molar-refractivity contribution >= 4 is 49.2 Å². The fraction of sp³-hybridized carbons (Fsp3) is 0.308. The third-order valence-corrected chi connectivity index (χ3v) is 9.03. The summed E-state index contributed by atoms with van der Waals surface area (Å²) in [7, 11) is -2.24. The molecule has 0 amide bonds. The Kier molecular flexibility index (Phi) is 8.86. The highest BCUT2D eigenvalue weighted by atomic mass is 79.9. The van der Waals surface area contributed by atoms with Crippen molar-refractivity contribution in [3.63, 3.8) is 0 Å². The van der Waals surface area contributed by atoms with E-state index in [0.29, 0.717) is 45.0 Å². The number of rotatable bonds is 9. The molecular formula is C26H26BrCl2NO5S. The van der Waals surface area contributed by atoms with Crippen LogP contribution in [-0.4, -0.2) is 39.1 Å². The van der Waals surface area contributed by atoms with Crippen LogP contribution in [0.15, 0.2) is 64.0 Å². The summed E-state index contributed by atoms with van der Waals surface area (Å²) >= 11 is 15.6. The van der Waals surface area contributed by atoms with Crippen LogP contribution in [0.2, 0.25) is 10.0 Å². The highest BCUT2D eigenvalue weighted by molar-refractivity contribution is 9.10. The van der Waals surface area contributed by atoms with E-state index in [-0.39, 0.29) is 17.5 Å². The van der Waals surface area contributed by atoms with Crippen molar-refractivity contribution in [2.75, 3.05) is 20.3 Å². The maximum Gasteiger partial charge on any atom is 0.243 e. The molecule has 4 rings (SSSR count). The smallest absolute Gasteiger partial charge is 0.243 e. The molecule has 0 saturated carbocycles. The molecule has 3 aromatic rings. The maximum atomic E-state index is 13.4. The lowest BCUT2D eigenvalue weighted by Gasteiger charge is -2.21. The summed E-state index contributed by atoms with van der Waals surface area (Å²) in [6.45, 7) is 3.08. The van der Waals surface area contributed by atoms with Crippen LogP contribution in [0.1, 0.15) is 24.0 Å². The van der Waals surface area contributed by atoms with Crippen molar-refractivity contribution in [1.29, 1.82) is 0 Å². The van der Waals surface area contributed by atoms with Crippen LogP contribution in [0.4, 0.5) is 0 Å². The van der Waals surface area contributed by atoms with Crippen molar-refractivity contribution < 1.29 is 22.6 Å². The molecule has 1 atom stereocenters. The minimum Gasteiger partial charge on any atom is -0.491 e. The van der Waals surface area contributed by atoms with Gasteiger partial charge in [0.05, 0.1) is 21.0 Å². The Morgan fingerprint density at radius 2 is 1.83 bits per heavy atom. The Balaban J connectivity index is 1.51. The third kappa shape index (κ3) is 6.54. The molecular weight excluding hydrogens is 589 g/mol. The van der Waals surface area contributed by atoms with E-state index in [0.717, 1.165) is 23.9 Å². The molecule has 0 aromatic heterocycles. The van der Waals surface area contributed by atoms with Gasteiger partial charge in [-0.15, -0.1) is 0 Å². The third-order valence-electron chi connectivity index (χ3n) is 5.84. The summed E-state index contributed by atoms with van der Waals surface area (Å²) in [6, 6.07) is 15.4. The summed E-state index contributed by atoms with van der Waals surface area (Å²) in [5, 5.41) is 0.784. The molecule has 3 aromatic carbocycles. The van der Waals surface area contributed by atoms with Gasteiger partial charge in [0.25, 0.3) is 0 Å². The number of nitrogens with zero attached hydrogens (tertiary/aromatic N) is 1. The summed E-state index contributed by atoms with van der Waals surface area (Å²) in [6.07, 6.45) is 2.10. The van der Waals surface area contributed by atoms with E-state index in [2.05, 4.69) is 15.9 Å². The summed E-state index contributed by atoms with van der Waals surface area (Å²) in [5.41, 5.74) is 1.29. The van der Waals surface area contributed by atoms with E-state index >= 15 is 0 Å².